The first-order valence-corrected chi connectivity index (χ1v) is 8.37. The lowest BCUT2D eigenvalue weighted by Gasteiger charge is -2.05. The van der Waals surface area contributed by atoms with E-state index in [0.717, 1.165) is 0 Å². The molecule has 126 valence electrons. The Morgan fingerprint density at radius 3 is 2.12 bits per heavy atom. The molecule has 0 fully saturated rings. The second kappa shape index (κ2) is 7.39. The van der Waals surface area contributed by atoms with Crippen molar-refractivity contribution in [1.82, 2.24) is 0 Å². The van der Waals surface area contributed by atoms with Crippen molar-refractivity contribution in [3.63, 3.8) is 0 Å². The molecule has 0 bridgehead atoms. The normalized spacial score (nSPS) is 11.9. The highest BCUT2D eigenvalue weighted by molar-refractivity contribution is 7.89. The van der Waals surface area contributed by atoms with E-state index in [0.29, 0.717) is 11.4 Å². The number of carbonyl (C=O) groups is 1. The van der Waals surface area contributed by atoms with Crippen molar-refractivity contribution >= 4 is 44.1 Å². The number of sulfonamides is 1. The van der Waals surface area contributed by atoms with E-state index < -0.39 is 26.9 Å². The molecule has 4 N–H and O–H groups in total. The van der Waals surface area contributed by atoms with Crippen LogP contribution in [0, 0.1) is 5.82 Å². The topological polar surface area (TPSA) is 114 Å². The summed E-state index contributed by atoms with van der Waals surface area (Å²) in [6, 6.07) is 10.5. The van der Waals surface area contributed by atoms with Gasteiger partial charge in [0, 0.05) is 5.69 Å². The van der Waals surface area contributed by atoms with E-state index >= 15 is 0 Å². The Hall–Kier alpha value is -2.49. The second-order valence-electron chi connectivity index (χ2n) is 4.54. The molecule has 0 saturated carbocycles. The van der Waals surface area contributed by atoms with Crippen LogP contribution in [0.4, 0.5) is 15.8 Å². The molecule has 2 aromatic rings. The summed E-state index contributed by atoms with van der Waals surface area (Å²) in [5, 5.41) is 10.7. The molecular formula is C14H12ClFN4O3S. The molecule has 24 heavy (non-hydrogen) atoms. The molecule has 7 nitrogen and oxygen atoms in total. The van der Waals surface area contributed by atoms with Gasteiger partial charge in [-0.2, -0.15) is 5.10 Å². The molecular weight excluding hydrogens is 359 g/mol. The van der Waals surface area contributed by atoms with E-state index in [9.17, 15) is 17.6 Å². The first kappa shape index (κ1) is 17.9. The summed E-state index contributed by atoms with van der Waals surface area (Å²) in [7, 11) is -3.81. The molecule has 0 aliphatic carbocycles. The fraction of sp³-hybridized carbons (Fsp3) is 0. The van der Waals surface area contributed by atoms with Crippen LogP contribution in [0.25, 0.3) is 0 Å². The summed E-state index contributed by atoms with van der Waals surface area (Å²) >= 11 is 5.75. The lowest BCUT2D eigenvalue weighted by atomic mass is 10.3. The first-order chi connectivity index (χ1) is 11.3. The van der Waals surface area contributed by atoms with Gasteiger partial charge in [-0.1, -0.05) is 11.6 Å². The molecule has 0 saturated heterocycles. The minimum Gasteiger partial charge on any atom is -0.320 e. The molecule has 0 atom stereocenters. The molecule has 0 heterocycles. The van der Waals surface area contributed by atoms with E-state index in [1.807, 2.05) is 0 Å². The SMILES string of the molecule is NS(=O)(=O)c1ccc(NC(=O)/C(Cl)=N/Nc2ccc(F)cc2)cc1. The number of benzene rings is 2. The zero-order valence-electron chi connectivity index (χ0n) is 12.0. The van der Waals surface area contributed by atoms with Gasteiger partial charge in [0.2, 0.25) is 15.2 Å². The van der Waals surface area contributed by atoms with Crippen LogP contribution in [0.5, 0.6) is 0 Å². The Kier molecular flexibility index (Phi) is 5.50. The molecule has 0 aromatic heterocycles. The van der Waals surface area contributed by atoms with Crippen LogP contribution in [-0.2, 0) is 14.8 Å². The summed E-state index contributed by atoms with van der Waals surface area (Å²) in [6.07, 6.45) is 0. The standard InChI is InChI=1S/C14H12ClFN4O3S/c15-13(20-19-11-3-1-9(16)2-4-11)14(21)18-10-5-7-12(8-6-10)24(17,22)23/h1-8,19H,(H,18,21)(H2,17,22,23)/b20-13-. The maximum absolute atomic E-state index is 12.8. The van der Waals surface area contributed by atoms with Crippen molar-refractivity contribution in [2.75, 3.05) is 10.7 Å². The zero-order chi connectivity index (χ0) is 17.7. The Balaban J connectivity index is 2.00. The van der Waals surface area contributed by atoms with E-state index in [1.165, 1.54) is 48.5 Å². The molecule has 0 unspecified atom stereocenters. The average Bonchev–Trinajstić information content (AvgIpc) is 2.53. The first-order valence-electron chi connectivity index (χ1n) is 6.45. The minimum atomic E-state index is -3.81. The second-order valence-corrected chi connectivity index (χ2v) is 6.46. The number of hydrogen-bond donors (Lipinski definition) is 3. The Morgan fingerprint density at radius 1 is 1.04 bits per heavy atom. The number of amides is 1. The van der Waals surface area contributed by atoms with Crippen LogP contribution in [-0.4, -0.2) is 19.5 Å². The predicted octanol–water partition coefficient (Wildman–Crippen LogP) is 2.08. The fourth-order valence-corrected chi connectivity index (χ4v) is 2.20. The van der Waals surface area contributed by atoms with Gasteiger partial charge in [-0.05, 0) is 48.5 Å². The van der Waals surface area contributed by atoms with Gasteiger partial charge in [0.15, 0.2) is 0 Å². The maximum Gasteiger partial charge on any atom is 0.287 e. The lowest BCUT2D eigenvalue weighted by Crippen LogP contribution is -2.19. The number of hydrazone groups is 1. The molecule has 0 aliphatic heterocycles. The van der Waals surface area contributed by atoms with Crippen molar-refractivity contribution in [2.45, 2.75) is 4.90 Å². The number of nitrogens with two attached hydrogens (primary N) is 1. The smallest absolute Gasteiger partial charge is 0.287 e. The van der Waals surface area contributed by atoms with Crippen molar-refractivity contribution in [3.05, 3.63) is 54.3 Å². The van der Waals surface area contributed by atoms with Gasteiger partial charge in [0.05, 0.1) is 10.6 Å². The van der Waals surface area contributed by atoms with Crippen molar-refractivity contribution in [1.29, 1.82) is 0 Å². The highest BCUT2D eigenvalue weighted by Gasteiger charge is 2.11. The largest absolute Gasteiger partial charge is 0.320 e. The molecule has 1 amide bonds. The molecule has 0 spiro atoms. The number of anilines is 2. The van der Waals surface area contributed by atoms with Gasteiger partial charge < -0.3 is 5.32 Å². The predicted molar refractivity (Wildman–Crippen MR) is 89.8 cm³/mol. The molecule has 2 aromatic carbocycles. The highest BCUT2D eigenvalue weighted by Crippen LogP contribution is 2.13. The van der Waals surface area contributed by atoms with Crippen molar-refractivity contribution in [2.24, 2.45) is 10.2 Å². The van der Waals surface area contributed by atoms with Gasteiger partial charge >= 0.3 is 0 Å². The van der Waals surface area contributed by atoms with Crippen molar-refractivity contribution in [3.8, 4) is 0 Å². The number of carbonyl (C=O) groups excluding carboxylic acids is 1. The number of rotatable bonds is 5. The summed E-state index contributed by atoms with van der Waals surface area (Å²) in [5.74, 6) is -1.12. The Bertz CT molecular complexity index is 868. The van der Waals surface area contributed by atoms with E-state index in [-0.39, 0.29) is 4.90 Å². The summed E-state index contributed by atoms with van der Waals surface area (Å²) in [4.78, 5) is 11.8. The summed E-state index contributed by atoms with van der Waals surface area (Å²) in [6.45, 7) is 0. The van der Waals surface area contributed by atoms with Gasteiger partial charge in [-0.25, -0.2) is 17.9 Å². The van der Waals surface area contributed by atoms with E-state index in [4.69, 9.17) is 16.7 Å². The van der Waals surface area contributed by atoms with Crippen LogP contribution in [0.1, 0.15) is 0 Å². The Labute approximate surface area is 142 Å². The average molecular weight is 371 g/mol. The number of primary sulfonamides is 1. The molecule has 0 radical (unpaired) electrons. The van der Waals surface area contributed by atoms with Gasteiger partial charge in [0.1, 0.15) is 5.82 Å². The van der Waals surface area contributed by atoms with Gasteiger partial charge in [-0.3, -0.25) is 10.2 Å². The number of nitrogens with one attached hydrogen (secondary N) is 2. The summed E-state index contributed by atoms with van der Waals surface area (Å²) < 4.78 is 35.0. The monoisotopic (exact) mass is 370 g/mol. The number of nitrogens with zero attached hydrogens (tertiary/aromatic N) is 1. The fourth-order valence-electron chi connectivity index (χ4n) is 1.60. The van der Waals surface area contributed by atoms with Crippen LogP contribution >= 0.6 is 11.6 Å². The Morgan fingerprint density at radius 2 is 1.58 bits per heavy atom. The van der Waals surface area contributed by atoms with Crippen molar-refractivity contribution < 1.29 is 17.6 Å². The summed E-state index contributed by atoms with van der Waals surface area (Å²) in [5.41, 5.74) is 3.25. The quantitative estimate of drug-likeness (QED) is 0.552. The van der Waals surface area contributed by atoms with E-state index in [1.54, 1.807) is 0 Å². The molecule has 2 rings (SSSR count). The third kappa shape index (κ3) is 5.01. The molecule has 10 heteroatoms. The zero-order valence-corrected chi connectivity index (χ0v) is 13.6. The maximum atomic E-state index is 12.8. The van der Waals surface area contributed by atoms with Crippen LogP contribution in [0.3, 0.4) is 0 Å². The van der Waals surface area contributed by atoms with Gasteiger partial charge in [0.25, 0.3) is 5.91 Å². The third-order valence-electron chi connectivity index (χ3n) is 2.76. The lowest BCUT2D eigenvalue weighted by molar-refractivity contribution is -0.110. The number of hydrogen-bond acceptors (Lipinski definition) is 5. The highest BCUT2D eigenvalue weighted by atomic mass is 35.5. The van der Waals surface area contributed by atoms with Crippen LogP contribution in [0.15, 0.2) is 58.5 Å². The molecule has 0 aliphatic rings. The third-order valence-corrected chi connectivity index (χ3v) is 3.94. The number of halogens is 2. The van der Waals surface area contributed by atoms with Crippen LogP contribution in [0.2, 0.25) is 0 Å². The van der Waals surface area contributed by atoms with Crippen LogP contribution < -0.4 is 15.9 Å². The van der Waals surface area contributed by atoms with E-state index in [2.05, 4.69) is 15.8 Å². The van der Waals surface area contributed by atoms with Gasteiger partial charge in [-0.15, -0.1) is 0 Å². The minimum absolute atomic E-state index is 0.0850.